The monoisotopic (exact) mass is 896 g/mol. The Hall–Kier alpha value is -8.86. The average molecular weight is 897 g/mol. The highest BCUT2D eigenvalue weighted by Crippen LogP contribution is 2.54. The molecule has 332 valence electrons. The number of benzene rings is 11. The molecule has 0 bridgehead atoms. The number of para-hydroxylation sites is 6. The van der Waals surface area contributed by atoms with Gasteiger partial charge in [-0.3, -0.25) is 0 Å². The van der Waals surface area contributed by atoms with Crippen LogP contribution in [0.15, 0.2) is 242 Å². The summed E-state index contributed by atoms with van der Waals surface area (Å²) in [5.74, 6) is 0. The minimum Gasteiger partial charge on any atom is -0.345 e. The van der Waals surface area contributed by atoms with Crippen molar-refractivity contribution in [2.24, 2.45) is 0 Å². The molecule has 0 saturated carbocycles. The van der Waals surface area contributed by atoms with Crippen LogP contribution in [-0.4, -0.2) is 14.1 Å². The van der Waals surface area contributed by atoms with Crippen molar-refractivity contribution in [3.63, 3.8) is 0 Å². The first-order chi connectivity index (χ1) is 34.6. The Balaban J connectivity index is 1.08. The quantitative estimate of drug-likeness (QED) is 0.160. The van der Waals surface area contributed by atoms with Crippen LogP contribution in [0.4, 0.5) is 45.5 Å². The fraction of sp³-hybridized carbons (Fsp3) is 0.0606. The van der Waals surface area contributed by atoms with Crippen LogP contribution in [0.5, 0.6) is 0 Å². The second kappa shape index (κ2) is 15.9. The lowest BCUT2D eigenvalue weighted by Gasteiger charge is -2.41. The number of allylic oxidation sites excluding steroid dienone is 3. The molecule has 70 heavy (non-hydrogen) atoms. The van der Waals surface area contributed by atoms with Gasteiger partial charge >= 0.3 is 0 Å². The summed E-state index contributed by atoms with van der Waals surface area (Å²) in [7, 11) is 4.40. The van der Waals surface area contributed by atoms with Gasteiger partial charge in [0, 0.05) is 31.2 Å². The van der Waals surface area contributed by atoms with E-state index in [0.29, 0.717) is 0 Å². The molecule has 11 aromatic carbocycles. The smallest absolute Gasteiger partial charge is 0.0699 e. The first kappa shape index (κ1) is 40.2. The molecule has 4 heteroatoms. The Bertz CT molecular complexity index is 3970. The van der Waals surface area contributed by atoms with Crippen LogP contribution in [0.25, 0.3) is 76.5 Å². The first-order valence-corrected chi connectivity index (χ1v) is 24.4. The summed E-state index contributed by atoms with van der Waals surface area (Å²) in [6, 6.07) is 81.3. The van der Waals surface area contributed by atoms with E-state index in [4.69, 9.17) is 0 Å². The van der Waals surface area contributed by atoms with Crippen LogP contribution >= 0.6 is 0 Å². The molecule has 0 atom stereocenters. The van der Waals surface area contributed by atoms with Gasteiger partial charge < -0.3 is 19.6 Å². The molecule has 0 aromatic heterocycles. The molecule has 11 aromatic rings. The zero-order valence-corrected chi connectivity index (χ0v) is 39.1. The van der Waals surface area contributed by atoms with E-state index in [-0.39, 0.29) is 0 Å². The lowest BCUT2D eigenvalue weighted by Crippen LogP contribution is -2.32. The first-order valence-electron chi connectivity index (χ1n) is 24.4. The van der Waals surface area contributed by atoms with E-state index in [1.165, 1.54) is 111 Å². The van der Waals surface area contributed by atoms with Gasteiger partial charge in [0.25, 0.3) is 0 Å². The second-order valence-electron chi connectivity index (χ2n) is 18.9. The molecule has 4 nitrogen and oxygen atoms in total. The molecule has 0 radical (unpaired) electrons. The summed E-state index contributed by atoms with van der Waals surface area (Å²) in [5.41, 5.74) is 19.2. The van der Waals surface area contributed by atoms with Crippen molar-refractivity contribution in [1.29, 1.82) is 0 Å². The van der Waals surface area contributed by atoms with Gasteiger partial charge in [0.15, 0.2) is 0 Å². The van der Waals surface area contributed by atoms with E-state index in [2.05, 4.69) is 264 Å². The molecule has 3 aliphatic rings. The Kier molecular flexibility index (Phi) is 9.12. The van der Waals surface area contributed by atoms with E-state index in [0.717, 1.165) is 35.6 Å². The highest BCUT2D eigenvalue weighted by molar-refractivity contribution is 6.23. The highest BCUT2D eigenvalue weighted by atomic mass is 15.3. The molecule has 1 aliphatic carbocycles. The maximum absolute atomic E-state index is 2.50. The lowest BCUT2D eigenvalue weighted by molar-refractivity contribution is 0.849. The SMILES string of the molecule is CN1C2=C(C=CCC2)N(c2ccc3c(-c4ccc5cc(-c6ccccc6)ccc5c4)c4cc(N5c6ccccc6N(C)c6ccccc65)ccc4c(-c4ccc5ccccc5c4)c3c2)c2ccccc21. The predicted molar refractivity (Wildman–Crippen MR) is 298 cm³/mol. The zero-order valence-electron chi connectivity index (χ0n) is 39.1. The minimum atomic E-state index is 0.997. The standard InChI is InChI=1S/C66H48N4/c1-67-57-20-8-12-24-61(57)69(62-25-13-9-21-58(62)67)51-35-37-54-55(41-51)65(49-32-28-44-18-6-7-19-45(44)39-49)53-36-34-52(70-63-26-14-10-22-59(63)68(2)60-23-11-15-27-64(60)70)42-56(53)66(54)50-33-31-47-38-46(29-30-48(47)40-50)43-16-4-3-5-17-43/h3-8,10-20,22-42H,9,21H2,1-2H3. The molecule has 0 fully saturated rings. The van der Waals surface area contributed by atoms with Gasteiger partial charge in [-0.25, -0.2) is 0 Å². The van der Waals surface area contributed by atoms with Gasteiger partial charge in [0.05, 0.1) is 39.8 Å². The van der Waals surface area contributed by atoms with Crippen molar-refractivity contribution < 1.29 is 0 Å². The third-order valence-corrected chi connectivity index (χ3v) is 15.1. The summed E-state index contributed by atoms with van der Waals surface area (Å²) in [6.45, 7) is 0. The van der Waals surface area contributed by atoms with Gasteiger partial charge in [-0.2, -0.15) is 0 Å². The van der Waals surface area contributed by atoms with Crippen LogP contribution in [-0.2, 0) is 0 Å². The van der Waals surface area contributed by atoms with E-state index >= 15 is 0 Å². The Morgan fingerprint density at radius 2 is 0.786 bits per heavy atom. The third kappa shape index (κ3) is 6.23. The number of hydrogen-bond donors (Lipinski definition) is 0. The molecule has 0 amide bonds. The number of anilines is 8. The summed E-state index contributed by atoms with van der Waals surface area (Å²) in [6.07, 6.45) is 6.69. The highest BCUT2D eigenvalue weighted by Gasteiger charge is 2.31. The van der Waals surface area contributed by atoms with Crippen molar-refractivity contribution in [2.45, 2.75) is 12.8 Å². The van der Waals surface area contributed by atoms with E-state index < -0.39 is 0 Å². The van der Waals surface area contributed by atoms with Crippen molar-refractivity contribution in [3.8, 4) is 33.4 Å². The summed E-state index contributed by atoms with van der Waals surface area (Å²) in [5, 5.41) is 9.75. The molecular weight excluding hydrogens is 849 g/mol. The molecular formula is C66H48N4. The predicted octanol–water partition coefficient (Wildman–Crippen LogP) is 18.0. The van der Waals surface area contributed by atoms with Crippen LogP contribution in [0.3, 0.4) is 0 Å². The Labute approximate surface area is 408 Å². The van der Waals surface area contributed by atoms with Crippen molar-refractivity contribution in [3.05, 3.63) is 242 Å². The summed E-state index contributed by atoms with van der Waals surface area (Å²) in [4.78, 5) is 9.67. The number of nitrogens with zero attached hydrogens (tertiary/aromatic N) is 4. The second-order valence-corrected chi connectivity index (χ2v) is 18.9. The molecule has 14 rings (SSSR count). The third-order valence-electron chi connectivity index (χ3n) is 15.1. The Morgan fingerprint density at radius 3 is 1.40 bits per heavy atom. The van der Waals surface area contributed by atoms with Crippen molar-refractivity contribution in [2.75, 3.05) is 33.7 Å². The van der Waals surface area contributed by atoms with Gasteiger partial charge in [0.1, 0.15) is 0 Å². The molecule has 2 heterocycles. The number of fused-ring (bicyclic) bond motifs is 7. The zero-order chi connectivity index (χ0) is 46.5. The summed E-state index contributed by atoms with van der Waals surface area (Å²) >= 11 is 0. The number of rotatable bonds is 5. The Morgan fingerprint density at radius 1 is 0.329 bits per heavy atom. The van der Waals surface area contributed by atoms with E-state index in [1.807, 2.05) is 0 Å². The average Bonchev–Trinajstić information content (AvgIpc) is 3.42. The van der Waals surface area contributed by atoms with Crippen LogP contribution in [0.2, 0.25) is 0 Å². The van der Waals surface area contributed by atoms with E-state index in [1.54, 1.807) is 0 Å². The van der Waals surface area contributed by atoms with Gasteiger partial charge in [0.2, 0.25) is 0 Å². The fourth-order valence-corrected chi connectivity index (χ4v) is 11.7. The van der Waals surface area contributed by atoms with Gasteiger partial charge in [-0.1, -0.05) is 146 Å². The van der Waals surface area contributed by atoms with Crippen LogP contribution in [0.1, 0.15) is 12.8 Å². The number of hydrogen-bond acceptors (Lipinski definition) is 4. The van der Waals surface area contributed by atoms with E-state index in [9.17, 15) is 0 Å². The summed E-state index contributed by atoms with van der Waals surface area (Å²) < 4.78 is 0. The maximum Gasteiger partial charge on any atom is 0.0699 e. The van der Waals surface area contributed by atoms with Gasteiger partial charge in [-0.15, -0.1) is 0 Å². The minimum absolute atomic E-state index is 0.997. The van der Waals surface area contributed by atoms with Crippen molar-refractivity contribution >= 4 is 88.6 Å². The molecule has 0 unspecified atom stereocenters. The molecule has 0 spiro atoms. The molecule has 2 aliphatic heterocycles. The normalized spacial score (nSPS) is 14.1. The fourth-order valence-electron chi connectivity index (χ4n) is 11.7. The van der Waals surface area contributed by atoms with Crippen LogP contribution in [0, 0.1) is 0 Å². The van der Waals surface area contributed by atoms with Crippen molar-refractivity contribution in [1.82, 2.24) is 0 Å². The van der Waals surface area contributed by atoms with Gasteiger partial charge in [-0.05, 0) is 174 Å². The molecule has 0 saturated heterocycles. The maximum atomic E-state index is 2.50. The lowest BCUT2D eigenvalue weighted by atomic mass is 9.84. The topological polar surface area (TPSA) is 13.0 Å². The van der Waals surface area contributed by atoms with Crippen LogP contribution < -0.4 is 19.6 Å². The molecule has 0 N–H and O–H groups in total. The largest absolute Gasteiger partial charge is 0.345 e.